The van der Waals surface area contributed by atoms with Gasteiger partial charge in [0.15, 0.2) is 0 Å². The maximum atomic E-state index is 13.7. The lowest BCUT2D eigenvalue weighted by atomic mass is 10.2. The van der Waals surface area contributed by atoms with Crippen molar-refractivity contribution in [3.63, 3.8) is 0 Å². The Kier molecular flexibility index (Phi) is 6.04. The van der Waals surface area contributed by atoms with Gasteiger partial charge in [-0.05, 0) is 29.8 Å². The highest BCUT2D eigenvalue weighted by Crippen LogP contribution is 2.46. The van der Waals surface area contributed by atoms with Crippen molar-refractivity contribution in [2.24, 2.45) is 0 Å². The van der Waals surface area contributed by atoms with Crippen LogP contribution in [0.2, 0.25) is 0 Å². The molecule has 0 saturated heterocycles. The summed E-state index contributed by atoms with van der Waals surface area (Å²) in [5.74, 6) is 0. The lowest BCUT2D eigenvalue weighted by Crippen LogP contribution is -2.32. The number of ether oxygens (including phenoxy) is 1. The molecule has 0 bridgehead atoms. The zero-order valence-corrected chi connectivity index (χ0v) is 15.2. The number of carbonyl (C=O) groups is 1. The molecular formula is C20H18NO5P. The van der Waals surface area contributed by atoms with Crippen molar-refractivity contribution >= 4 is 24.1 Å². The van der Waals surface area contributed by atoms with E-state index in [4.69, 9.17) is 9.57 Å². The smallest absolute Gasteiger partial charge is 0.428 e. The number of hydrogen-bond donors (Lipinski definition) is 1. The molecule has 138 valence electrons. The summed E-state index contributed by atoms with van der Waals surface area (Å²) < 4.78 is 18.7. The maximum Gasteiger partial charge on any atom is 0.530 e. The van der Waals surface area contributed by atoms with Crippen LogP contribution in [0.3, 0.4) is 0 Å². The third-order valence-corrected chi connectivity index (χ3v) is 6.37. The predicted molar refractivity (Wildman–Crippen MR) is 101 cm³/mol. The van der Waals surface area contributed by atoms with Gasteiger partial charge in [0.25, 0.3) is 7.29 Å². The van der Waals surface area contributed by atoms with Crippen LogP contribution in [0, 0.1) is 0 Å². The van der Waals surface area contributed by atoms with Crippen LogP contribution in [0.5, 0.6) is 0 Å². The van der Waals surface area contributed by atoms with Gasteiger partial charge in [-0.25, -0.2) is 4.79 Å². The zero-order chi connectivity index (χ0) is 19.1. The van der Waals surface area contributed by atoms with Gasteiger partial charge in [-0.3, -0.25) is 9.77 Å². The van der Waals surface area contributed by atoms with E-state index in [0.717, 1.165) is 5.56 Å². The van der Waals surface area contributed by atoms with Crippen molar-refractivity contribution in [3.05, 3.63) is 96.6 Å². The molecule has 0 aliphatic rings. The van der Waals surface area contributed by atoms with Crippen LogP contribution in [-0.2, 0) is 20.7 Å². The Morgan fingerprint density at radius 1 is 0.815 bits per heavy atom. The lowest BCUT2D eigenvalue weighted by molar-refractivity contribution is -0.238. The number of rotatable bonds is 6. The summed E-state index contributed by atoms with van der Waals surface area (Å²) in [5, 5.41) is 11.0. The minimum absolute atomic E-state index is 0.0332. The van der Waals surface area contributed by atoms with Gasteiger partial charge in [0.2, 0.25) is 0 Å². The number of carbonyl (C=O) groups excluding carboxylic acids is 1. The van der Waals surface area contributed by atoms with E-state index in [-0.39, 0.29) is 11.6 Å². The molecule has 0 radical (unpaired) electrons. The highest BCUT2D eigenvalue weighted by atomic mass is 31.2. The van der Waals surface area contributed by atoms with Gasteiger partial charge >= 0.3 is 6.16 Å². The van der Waals surface area contributed by atoms with Gasteiger partial charge in [0, 0.05) is 10.6 Å². The molecule has 0 aliphatic carbocycles. The third kappa shape index (κ3) is 4.44. The fraction of sp³-hybridized carbons (Fsp3) is 0.0500. The van der Waals surface area contributed by atoms with Crippen molar-refractivity contribution < 1.29 is 24.1 Å². The molecule has 0 aliphatic heterocycles. The second-order valence-corrected chi connectivity index (χ2v) is 8.14. The van der Waals surface area contributed by atoms with Crippen molar-refractivity contribution in [1.82, 2.24) is 5.00 Å². The summed E-state index contributed by atoms with van der Waals surface area (Å²) in [7, 11) is -3.80. The van der Waals surface area contributed by atoms with Crippen LogP contribution in [-0.4, -0.2) is 16.4 Å². The van der Waals surface area contributed by atoms with Crippen LogP contribution in [0.25, 0.3) is 0 Å². The first-order chi connectivity index (χ1) is 13.1. The average molecular weight is 383 g/mol. The molecule has 1 N–H and O–H groups in total. The Morgan fingerprint density at radius 2 is 1.26 bits per heavy atom. The van der Waals surface area contributed by atoms with Gasteiger partial charge < -0.3 is 9.57 Å². The Labute approximate surface area is 156 Å². The molecule has 0 saturated carbocycles. The molecule has 7 heteroatoms. The topological polar surface area (TPSA) is 76.1 Å². The Bertz CT molecular complexity index is 875. The highest BCUT2D eigenvalue weighted by Gasteiger charge is 2.37. The number of hydrogen-bond acceptors (Lipinski definition) is 5. The summed E-state index contributed by atoms with van der Waals surface area (Å²) in [6.07, 6.45) is -1.16. The largest absolute Gasteiger partial charge is 0.530 e. The van der Waals surface area contributed by atoms with Crippen LogP contribution in [0.15, 0.2) is 91.0 Å². The van der Waals surface area contributed by atoms with Crippen LogP contribution >= 0.6 is 7.29 Å². The molecule has 3 rings (SSSR count). The van der Waals surface area contributed by atoms with Crippen molar-refractivity contribution in [1.29, 1.82) is 0 Å². The quantitative estimate of drug-likeness (QED) is 0.396. The standard InChI is InChI=1S/C20H18NO5P/c22-20(25-16-17-10-4-1-5-11-17)26-21(23)27(24,18-12-6-2-7-13-18)19-14-8-3-9-15-19/h1-15,23H,16H2. The predicted octanol–water partition coefficient (Wildman–Crippen LogP) is 3.88. The van der Waals surface area contributed by atoms with Crippen molar-refractivity contribution in [2.75, 3.05) is 0 Å². The Balaban J connectivity index is 1.79. The molecule has 3 aromatic rings. The molecule has 0 atom stereocenters. The van der Waals surface area contributed by atoms with Gasteiger partial charge in [0.05, 0.1) is 5.00 Å². The first-order valence-electron chi connectivity index (χ1n) is 8.20. The molecule has 0 aromatic heterocycles. The van der Waals surface area contributed by atoms with E-state index in [2.05, 4.69) is 0 Å². The molecule has 0 fully saturated rings. The number of benzene rings is 3. The molecule has 0 unspecified atom stereocenters. The van der Waals surface area contributed by atoms with E-state index in [1.807, 2.05) is 6.07 Å². The van der Waals surface area contributed by atoms with Gasteiger partial charge in [-0.1, -0.05) is 66.7 Å². The van der Waals surface area contributed by atoms with E-state index in [1.54, 1.807) is 84.9 Å². The summed E-state index contributed by atoms with van der Waals surface area (Å²) in [6, 6.07) is 25.7. The molecule has 3 aromatic carbocycles. The van der Waals surface area contributed by atoms with Crippen molar-refractivity contribution in [3.8, 4) is 0 Å². The van der Waals surface area contributed by atoms with Crippen LogP contribution < -0.4 is 10.6 Å². The van der Waals surface area contributed by atoms with E-state index < -0.39 is 13.4 Å². The maximum absolute atomic E-state index is 13.7. The molecule has 27 heavy (non-hydrogen) atoms. The van der Waals surface area contributed by atoms with Gasteiger partial charge in [-0.2, -0.15) is 0 Å². The summed E-state index contributed by atoms with van der Waals surface area (Å²) >= 11 is 0. The molecule has 0 heterocycles. The van der Waals surface area contributed by atoms with E-state index in [0.29, 0.717) is 10.6 Å². The Hall–Kier alpha value is -2.92. The lowest BCUT2D eigenvalue weighted by Gasteiger charge is -2.24. The monoisotopic (exact) mass is 383 g/mol. The first-order valence-corrected chi connectivity index (χ1v) is 9.86. The second kappa shape index (κ2) is 8.64. The minimum Gasteiger partial charge on any atom is -0.428 e. The summed E-state index contributed by atoms with van der Waals surface area (Å²) in [4.78, 5) is 16.9. The summed E-state index contributed by atoms with van der Waals surface area (Å²) in [5.41, 5.74) is 0.758. The molecule has 6 nitrogen and oxygen atoms in total. The molecular weight excluding hydrogens is 365 g/mol. The third-order valence-electron chi connectivity index (χ3n) is 3.81. The normalized spacial score (nSPS) is 11.2. The molecule has 0 spiro atoms. The van der Waals surface area contributed by atoms with Crippen molar-refractivity contribution in [2.45, 2.75) is 6.61 Å². The van der Waals surface area contributed by atoms with Gasteiger partial charge in [-0.15, -0.1) is 0 Å². The van der Waals surface area contributed by atoms with Crippen LogP contribution in [0.4, 0.5) is 4.79 Å². The summed E-state index contributed by atoms with van der Waals surface area (Å²) in [6.45, 7) is -0.0332. The highest BCUT2D eigenvalue weighted by molar-refractivity contribution is 7.76. The second-order valence-electron chi connectivity index (χ2n) is 5.62. The van der Waals surface area contributed by atoms with E-state index >= 15 is 0 Å². The number of nitrogens with zero attached hydrogens (tertiary/aromatic N) is 1. The van der Waals surface area contributed by atoms with Crippen LogP contribution in [0.1, 0.15) is 5.56 Å². The average Bonchev–Trinajstić information content (AvgIpc) is 2.73. The zero-order valence-electron chi connectivity index (χ0n) is 14.3. The SMILES string of the molecule is O=C(OCc1ccccc1)ON(O)P(=O)(c1ccccc1)c1ccccc1. The molecule has 0 amide bonds. The Morgan fingerprint density at radius 3 is 1.74 bits per heavy atom. The fourth-order valence-corrected chi connectivity index (χ4v) is 4.50. The van der Waals surface area contributed by atoms with E-state index in [9.17, 15) is 14.6 Å². The fourth-order valence-electron chi connectivity index (χ4n) is 2.47. The van der Waals surface area contributed by atoms with Gasteiger partial charge in [0.1, 0.15) is 6.61 Å². The minimum atomic E-state index is -3.80. The van der Waals surface area contributed by atoms with E-state index in [1.165, 1.54) is 0 Å². The first kappa shape index (κ1) is 18.9.